The first kappa shape index (κ1) is 17.3. The first-order chi connectivity index (χ1) is 8.44. The van der Waals surface area contributed by atoms with Crippen LogP contribution < -0.4 is 5.73 Å². The van der Waals surface area contributed by atoms with Crippen LogP contribution in [0.25, 0.3) is 0 Å². The molecule has 0 spiro atoms. The van der Waals surface area contributed by atoms with Crippen LogP contribution in [0.2, 0.25) is 0 Å². The lowest BCUT2D eigenvalue weighted by Crippen LogP contribution is -2.38. The highest BCUT2D eigenvalue weighted by atomic mass is 32.2. The van der Waals surface area contributed by atoms with E-state index in [9.17, 15) is 8.42 Å². The van der Waals surface area contributed by atoms with Gasteiger partial charge in [-0.25, -0.2) is 8.42 Å². The van der Waals surface area contributed by atoms with Crippen molar-refractivity contribution in [2.75, 3.05) is 46.3 Å². The first-order valence-corrected chi connectivity index (χ1v) is 7.33. The molecule has 0 bridgehead atoms. The van der Waals surface area contributed by atoms with Gasteiger partial charge in [-0.05, 0) is 6.42 Å². The third kappa shape index (κ3) is 7.59. The molecule has 0 fully saturated rings. The Morgan fingerprint density at radius 3 is 2.33 bits per heavy atom. The Hall–Kier alpha value is -0.700. The van der Waals surface area contributed by atoms with Crippen LogP contribution >= 0.6 is 0 Å². The summed E-state index contributed by atoms with van der Waals surface area (Å²) in [5.41, 5.74) is 5.24. The molecule has 0 unspecified atom stereocenters. The van der Waals surface area contributed by atoms with Gasteiger partial charge in [0.05, 0.1) is 18.2 Å². The third-order valence-electron chi connectivity index (χ3n) is 2.32. The van der Waals surface area contributed by atoms with E-state index >= 15 is 0 Å². The fraction of sp³-hybridized carbons (Fsp3) is 0.900. The highest BCUT2D eigenvalue weighted by molar-refractivity contribution is 7.89. The Balaban J connectivity index is 4.44. The van der Waals surface area contributed by atoms with Gasteiger partial charge in [-0.3, -0.25) is 5.41 Å². The van der Waals surface area contributed by atoms with Crippen LogP contribution in [0.4, 0.5) is 0 Å². The van der Waals surface area contributed by atoms with Crippen molar-refractivity contribution in [2.24, 2.45) is 5.73 Å². The molecule has 0 aromatic heterocycles. The van der Waals surface area contributed by atoms with Gasteiger partial charge >= 0.3 is 0 Å². The fourth-order valence-electron chi connectivity index (χ4n) is 1.34. The second-order valence-corrected chi connectivity index (χ2v) is 5.92. The molecule has 0 saturated heterocycles. The molecule has 0 aromatic carbocycles. The number of sulfonamides is 1. The van der Waals surface area contributed by atoms with E-state index in [-0.39, 0.29) is 31.1 Å². The molecule has 0 aromatic rings. The number of nitrogens with two attached hydrogens (primary N) is 1. The highest BCUT2D eigenvalue weighted by Gasteiger charge is 2.21. The molecule has 0 rings (SSSR count). The van der Waals surface area contributed by atoms with Gasteiger partial charge in [0, 0.05) is 40.3 Å². The molecular weight excluding hydrogens is 258 g/mol. The Morgan fingerprint density at radius 2 is 1.83 bits per heavy atom. The van der Waals surface area contributed by atoms with E-state index in [0.29, 0.717) is 19.6 Å². The van der Waals surface area contributed by atoms with Gasteiger partial charge in [0.15, 0.2) is 0 Å². The van der Waals surface area contributed by atoms with Crippen LogP contribution in [0.5, 0.6) is 0 Å². The average Bonchev–Trinajstić information content (AvgIpc) is 2.28. The summed E-state index contributed by atoms with van der Waals surface area (Å²) in [5, 5.41) is 7.14. The minimum atomic E-state index is -3.34. The lowest BCUT2D eigenvalue weighted by atomic mass is 10.4. The maximum absolute atomic E-state index is 12.0. The average molecular weight is 281 g/mol. The number of methoxy groups -OCH3 is 2. The molecule has 18 heavy (non-hydrogen) atoms. The SMILES string of the molecule is COCCCS(=O)(=O)N(CCOC)CCC(=N)N. The summed E-state index contributed by atoms with van der Waals surface area (Å²) in [4.78, 5) is 0. The second-order valence-electron chi connectivity index (χ2n) is 3.83. The molecular formula is C10H23N3O4S. The molecule has 0 atom stereocenters. The molecule has 3 N–H and O–H groups in total. The van der Waals surface area contributed by atoms with E-state index in [1.54, 1.807) is 0 Å². The summed E-state index contributed by atoms with van der Waals surface area (Å²) in [7, 11) is -0.294. The molecule has 0 heterocycles. The minimum Gasteiger partial charge on any atom is -0.388 e. The van der Waals surface area contributed by atoms with Crippen LogP contribution in [0.3, 0.4) is 0 Å². The van der Waals surface area contributed by atoms with Crippen molar-refractivity contribution >= 4 is 15.9 Å². The van der Waals surface area contributed by atoms with Gasteiger partial charge in [-0.2, -0.15) is 4.31 Å². The number of nitrogens with one attached hydrogen (secondary N) is 1. The molecule has 0 amide bonds. The van der Waals surface area contributed by atoms with Gasteiger partial charge < -0.3 is 15.2 Å². The van der Waals surface area contributed by atoms with Crippen LogP contribution in [0.1, 0.15) is 12.8 Å². The van der Waals surface area contributed by atoms with E-state index in [1.807, 2.05) is 0 Å². The van der Waals surface area contributed by atoms with Crippen molar-refractivity contribution in [3.8, 4) is 0 Å². The molecule has 0 aliphatic carbocycles. The summed E-state index contributed by atoms with van der Waals surface area (Å²) in [6.07, 6.45) is 0.676. The smallest absolute Gasteiger partial charge is 0.214 e. The number of rotatable bonds is 11. The molecule has 0 aliphatic rings. The van der Waals surface area contributed by atoms with Crippen molar-refractivity contribution < 1.29 is 17.9 Å². The standard InChI is InChI=1S/C10H23N3O4S/c1-16-7-3-9-18(14,15)13(6-8-17-2)5-4-10(11)12/h3-9H2,1-2H3,(H3,11,12). The maximum atomic E-state index is 12.0. The predicted molar refractivity (Wildman–Crippen MR) is 70.3 cm³/mol. The summed E-state index contributed by atoms with van der Waals surface area (Å²) in [5.74, 6) is 0.00661. The zero-order valence-corrected chi connectivity index (χ0v) is 11.8. The van der Waals surface area contributed by atoms with E-state index in [4.69, 9.17) is 20.6 Å². The minimum absolute atomic E-state index is 0.0236. The second kappa shape index (κ2) is 9.26. The third-order valence-corrected chi connectivity index (χ3v) is 4.28. The number of nitrogens with zero attached hydrogens (tertiary/aromatic N) is 1. The van der Waals surface area contributed by atoms with E-state index < -0.39 is 10.0 Å². The Bertz CT molecular complexity index is 332. The van der Waals surface area contributed by atoms with Crippen molar-refractivity contribution in [2.45, 2.75) is 12.8 Å². The molecule has 108 valence electrons. The first-order valence-electron chi connectivity index (χ1n) is 5.72. The lowest BCUT2D eigenvalue weighted by molar-refractivity contribution is 0.179. The molecule has 7 nitrogen and oxygen atoms in total. The topological polar surface area (TPSA) is 106 Å². The highest BCUT2D eigenvalue weighted by Crippen LogP contribution is 2.05. The molecule has 0 aliphatic heterocycles. The summed E-state index contributed by atoms with van der Waals surface area (Å²) < 4.78 is 35.1. The van der Waals surface area contributed by atoms with Gasteiger partial charge in [-0.1, -0.05) is 0 Å². The van der Waals surface area contributed by atoms with E-state index in [0.717, 1.165) is 0 Å². The van der Waals surface area contributed by atoms with Crippen molar-refractivity contribution in [3.63, 3.8) is 0 Å². The van der Waals surface area contributed by atoms with Crippen LogP contribution in [-0.4, -0.2) is 64.8 Å². The van der Waals surface area contributed by atoms with E-state index in [2.05, 4.69) is 0 Å². The molecule has 0 saturated carbocycles. The monoisotopic (exact) mass is 281 g/mol. The predicted octanol–water partition coefficient (Wildman–Crippen LogP) is -0.373. The number of ether oxygens (including phenoxy) is 2. The van der Waals surface area contributed by atoms with Crippen molar-refractivity contribution in [1.29, 1.82) is 5.41 Å². The maximum Gasteiger partial charge on any atom is 0.214 e. The van der Waals surface area contributed by atoms with Crippen LogP contribution in [0.15, 0.2) is 0 Å². The quantitative estimate of drug-likeness (QED) is 0.305. The van der Waals surface area contributed by atoms with Crippen LogP contribution in [0, 0.1) is 5.41 Å². The molecule has 8 heteroatoms. The van der Waals surface area contributed by atoms with Gasteiger partial charge in [0.25, 0.3) is 0 Å². The number of hydrogen-bond donors (Lipinski definition) is 2. The Kier molecular flexibility index (Phi) is 8.90. The summed E-state index contributed by atoms with van der Waals surface area (Å²) in [6.45, 7) is 1.22. The Morgan fingerprint density at radius 1 is 1.22 bits per heavy atom. The van der Waals surface area contributed by atoms with Crippen molar-refractivity contribution in [1.82, 2.24) is 4.31 Å². The largest absolute Gasteiger partial charge is 0.388 e. The normalized spacial score (nSPS) is 11.9. The summed E-state index contributed by atoms with van der Waals surface area (Å²) in [6, 6.07) is 0. The van der Waals surface area contributed by atoms with Crippen LogP contribution in [-0.2, 0) is 19.5 Å². The van der Waals surface area contributed by atoms with Gasteiger partial charge in [0.1, 0.15) is 0 Å². The van der Waals surface area contributed by atoms with Gasteiger partial charge in [0.2, 0.25) is 10.0 Å². The van der Waals surface area contributed by atoms with E-state index in [1.165, 1.54) is 18.5 Å². The van der Waals surface area contributed by atoms with Crippen molar-refractivity contribution in [3.05, 3.63) is 0 Å². The Labute approximate surface area is 109 Å². The number of hydrogen-bond acceptors (Lipinski definition) is 5. The number of amidine groups is 1. The lowest BCUT2D eigenvalue weighted by Gasteiger charge is -2.21. The zero-order chi connectivity index (χ0) is 14.0. The summed E-state index contributed by atoms with van der Waals surface area (Å²) >= 11 is 0. The fourth-order valence-corrected chi connectivity index (χ4v) is 2.81. The zero-order valence-electron chi connectivity index (χ0n) is 11.0. The van der Waals surface area contributed by atoms with Gasteiger partial charge in [-0.15, -0.1) is 0 Å². The molecule has 0 radical (unpaired) electrons.